The first kappa shape index (κ1) is 26.9. The molecule has 9 heteroatoms. The molecule has 0 radical (unpaired) electrons. The SMILES string of the molecule is CN(C/C=C1/CN(C(C(=O)C2CC2)c2ccccc2F)CCC1S)CC(=O)O.Cl.Cl. The van der Waals surface area contributed by atoms with Crippen LogP contribution in [0.4, 0.5) is 4.39 Å². The largest absolute Gasteiger partial charge is 0.480 e. The average Bonchev–Trinajstić information content (AvgIpc) is 3.48. The Bertz CT molecular complexity index is 776. The van der Waals surface area contributed by atoms with Crippen molar-refractivity contribution in [3.8, 4) is 0 Å². The van der Waals surface area contributed by atoms with Crippen molar-refractivity contribution in [1.29, 1.82) is 0 Å². The van der Waals surface area contributed by atoms with Gasteiger partial charge in [0.2, 0.25) is 0 Å². The van der Waals surface area contributed by atoms with Crippen molar-refractivity contribution in [2.24, 2.45) is 5.92 Å². The van der Waals surface area contributed by atoms with Gasteiger partial charge >= 0.3 is 5.97 Å². The number of ketones is 1. The summed E-state index contributed by atoms with van der Waals surface area (Å²) >= 11 is 4.66. The van der Waals surface area contributed by atoms with Gasteiger partial charge in [0.05, 0.1) is 12.6 Å². The molecule has 168 valence electrons. The molecule has 1 saturated heterocycles. The van der Waals surface area contributed by atoms with Gasteiger partial charge in [-0.05, 0) is 37.9 Å². The van der Waals surface area contributed by atoms with Gasteiger partial charge in [0, 0.05) is 36.4 Å². The van der Waals surface area contributed by atoms with Crippen LogP contribution in [-0.4, -0.2) is 65.1 Å². The molecule has 1 saturated carbocycles. The zero-order chi connectivity index (χ0) is 20.3. The van der Waals surface area contributed by atoms with E-state index >= 15 is 0 Å². The van der Waals surface area contributed by atoms with Crippen LogP contribution in [0.25, 0.3) is 0 Å². The third-order valence-electron chi connectivity index (χ3n) is 5.39. The van der Waals surface area contributed by atoms with E-state index in [4.69, 9.17) is 5.11 Å². The van der Waals surface area contributed by atoms with E-state index in [1.165, 1.54) is 6.07 Å². The van der Waals surface area contributed by atoms with Gasteiger partial charge in [-0.25, -0.2) is 4.39 Å². The molecule has 2 aliphatic rings. The zero-order valence-electron chi connectivity index (χ0n) is 16.9. The second-order valence-electron chi connectivity index (χ2n) is 7.75. The van der Waals surface area contributed by atoms with Gasteiger partial charge < -0.3 is 5.11 Å². The molecule has 1 heterocycles. The molecular formula is C21H29Cl2FN2O3S. The van der Waals surface area contributed by atoms with Crippen molar-refractivity contribution < 1.29 is 19.1 Å². The predicted molar refractivity (Wildman–Crippen MR) is 124 cm³/mol. The number of halogens is 3. The van der Waals surface area contributed by atoms with Crippen molar-refractivity contribution in [3.05, 3.63) is 47.3 Å². The molecule has 2 atom stereocenters. The van der Waals surface area contributed by atoms with E-state index in [0.717, 1.165) is 24.8 Å². The second-order valence-corrected chi connectivity index (χ2v) is 8.37. The summed E-state index contributed by atoms with van der Waals surface area (Å²) in [6, 6.07) is 5.95. The molecule has 0 spiro atoms. The van der Waals surface area contributed by atoms with Gasteiger partial charge in [-0.2, -0.15) is 12.6 Å². The fraction of sp³-hybridized carbons (Fsp3) is 0.524. The van der Waals surface area contributed by atoms with Gasteiger partial charge in [-0.3, -0.25) is 19.4 Å². The predicted octanol–water partition coefficient (Wildman–Crippen LogP) is 3.64. The number of nitrogens with zero attached hydrogens (tertiary/aromatic N) is 2. The number of hydrogen-bond acceptors (Lipinski definition) is 5. The topological polar surface area (TPSA) is 60.9 Å². The Morgan fingerprint density at radius 2 is 1.97 bits per heavy atom. The second kappa shape index (κ2) is 12.1. The van der Waals surface area contributed by atoms with Crippen LogP contribution in [0.15, 0.2) is 35.9 Å². The van der Waals surface area contributed by atoms with E-state index < -0.39 is 12.0 Å². The summed E-state index contributed by atoms with van der Waals surface area (Å²) in [5, 5.41) is 8.96. The highest BCUT2D eigenvalue weighted by Crippen LogP contribution is 2.39. The first-order chi connectivity index (χ1) is 13.4. The van der Waals surface area contributed by atoms with Gasteiger partial charge in [-0.1, -0.05) is 24.3 Å². The maximum atomic E-state index is 14.5. The maximum absolute atomic E-state index is 14.5. The summed E-state index contributed by atoms with van der Waals surface area (Å²) < 4.78 is 14.5. The van der Waals surface area contributed by atoms with E-state index in [1.807, 2.05) is 6.08 Å². The summed E-state index contributed by atoms with van der Waals surface area (Å²) in [5.74, 6) is -1.08. The minimum Gasteiger partial charge on any atom is -0.480 e. The van der Waals surface area contributed by atoms with E-state index in [1.54, 1.807) is 30.1 Å². The molecule has 1 N–H and O–H groups in total. The normalized spacial score (nSPS) is 21.6. The Kier molecular flexibility index (Phi) is 10.8. The molecule has 1 aromatic rings. The lowest BCUT2D eigenvalue weighted by atomic mass is 9.93. The number of carboxylic acid groups (broad SMARTS) is 1. The Morgan fingerprint density at radius 1 is 1.30 bits per heavy atom. The fourth-order valence-electron chi connectivity index (χ4n) is 3.70. The van der Waals surface area contributed by atoms with Crippen LogP contribution in [0.5, 0.6) is 0 Å². The molecule has 0 amide bonds. The van der Waals surface area contributed by atoms with Crippen molar-refractivity contribution in [2.45, 2.75) is 30.6 Å². The molecule has 2 fully saturated rings. The lowest BCUT2D eigenvalue weighted by molar-refractivity contribution is -0.137. The number of carbonyl (C=O) groups excluding carboxylic acids is 1. The first-order valence-electron chi connectivity index (χ1n) is 9.66. The number of carboxylic acids is 1. The highest BCUT2D eigenvalue weighted by atomic mass is 35.5. The quantitative estimate of drug-likeness (QED) is 0.441. The molecule has 30 heavy (non-hydrogen) atoms. The van der Waals surface area contributed by atoms with Crippen LogP contribution in [0, 0.1) is 11.7 Å². The van der Waals surface area contributed by atoms with Crippen LogP contribution in [0.2, 0.25) is 0 Å². The van der Waals surface area contributed by atoms with Crippen LogP contribution < -0.4 is 0 Å². The minimum atomic E-state index is -0.872. The molecule has 0 aromatic heterocycles. The first-order valence-corrected chi connectivity index (χ1v) is 10.2. The summed E-state index contributed by atoms with van der Waals surface area (Å²) in [4.78, 5) is 27.6. The highest BCUT2D eigenvalue weighted by molar-refractivity contribution is 7.81. The summed E-state index contributed by atoms with van der Waals surface area (Å²) in [5.41, 5.74) is 1.50. The third-order valence-corrected chi connectivity index (χ3v) is 5.98. The number of aliphatic carboxylic acids is 1. The molecule has 1 aliphatic carbocycles. The Labute approximate surface area is 194 Å². The van der Waals surface area contributed by atoms with Crippen molar-refractivity contribution in [2.75, 3.05) is 33.2 Å². The molecule has 3 rings (SSSR count). The number of piperidine rings is 1. The standard InChI is InChI=1S/C21H27FN2O3S.2ClH/c1-23(13-19(25)26)10-8-15-12-24(11-9-18(15)28)20(21(27)14-6-7-14)16-4-2-3-5-17(16)22;;/h2-5,8,14,18,20,28H,6-7,9-13H2,1H3,(H,25,26);2*1H/b15-8-;;. The number of likely N-dealkylation sites (N-methyl/N-ethyl adjacent to an activating group) is 1. The molecule has 1 aliphatic heterocycles. The van der Waals surface area contributed by atoms with Gasteiger partial charge in [0.15, 0.2) is 5.78 Å². The third kappa shape index (κ3) is 6.95. The Balaban J connectivity index is 0.00000225. The molecule has 1 aromatic carbocycles. The number of benzene rings is 1. The summed E-state index contributed by atoms with van der Waals surface area (Å²) in [6.45, 7) is 1.66. The van der Waals surface area contributed by atoms with Crippen LogP contribution >= 0.6 is 37.4 Å². The molecule has 2 unspecified atom stereocenters. The Hall–Kier alpha value is -1.12. The number of Topliss-reactive ketones (excluding diaryl/α,β-unsaturated/α-hetero) is 1. The lowest BCUT2D eigenvalue weighted by Crippen LogP contribution is -2.43. The van der Waals surface area contributed by atoms with Crippen LogP contribution in [-0.2, 0) is 9.59 Å². The molecule has 0 bridgehead atoms. The number of likely N-dealkylation sites (tertiary alicyclic amines) is 1. The van der Waals surface area contributed by atoms with Crippen molar-refractivity contribution >= 4 is 49.2 Å². The molecular weight excluding hydrogens is 450 g/mol. The van der Waals surface area contributed by atoms with Gasteiger partial charge in [0.1, 0.15) is 5.82 Å². The van der Waals surface area contributed by atoms with Crippen LogP contribution in [0.1, 0.15) is 30.9 Å². The fourth-order valence-corrected chi connectivity index (χ4v) is 4.00. The van der Waals surface area contributed by atoms with E-state index in [9.17, 15) is 14.0 Å². The van der Waals surface area contributed by atoms with E-state index in [2.05, 4.69) is 17.5 Å². The number of thiol groups is 1. The van der Waals surface area contributed by atoms with Crippen molar-refractivity contribution in [3.63, 3.8) is 0 Å². The van der Waals surface area contributed by atoms with Gasteiger partial charge in [0.25, 0.3) is 0 Å². The van der Waals surface area contributed by atoms with E-state index in [-0.39, 0.29) is 54.1 Å². The number of carbonyl (C=O) groups is 2. The highest BCUT2D eigenvalue weighted by Gasteiger charge is 2.40. The Morgan fingerprint density at radius 3 is 2.57 bits per heavy atom. The van der Waals surface area contributed by atoms with Crippen molar-refractivity contribution in [1.82, 2.24) is 9.80 Å². The smallest absolute Gasteiger partial charge is 0.317 e. The number of rotatable bonds is 8. The summed E-state index contributed by atoms with van der Waals surface area (Å²) in [7, 11) is 1.75. The lowest BCUT2D eigenvalue weighted by Gasteiger charge is -2.38. The maximum Gasteiger partial charge on any atom is 0.317 e. The minimum absolute atomic E-state index is 0. The van der Waals surface area contributed by atoms with Gasteiger partial charge in [-0.15, -0.1) is 24.8 Å². The summed E-state index contributed by atoms with van der Waals surface area (Å²) in [6.07, 6.45) is 4.53. The average molecular weight is 479 g/mol. The van der Waals surface area contributed by atoms with E-state index in [0.29, 0.717) is 25.2 Å². The monoisotopic (exact) mass is 478 g/mol. The zero-order valence-corrected chi connectivity index (χ0v) is 19.4. The molecule has 5 nitrogen and oxygen atoms in total. The van der Waals surface area contributed by atoms with Crippen LogP contribution in [0.3, 0.4) is 0 Å². The number of hydrogen-bond donors (Lipinski definition) is 2.